The predicted molar refractivity (Wildman–Crippen MR) is 98.0 cm³/mol. The molecule has 0 aromatic heterocycles. The van der Waals surface area contributed by atoms with Gasteiger partial charge in [-0.2, -0.15) is 0 Å². The molecular weight excluding hydrogens is 322 g/mol. The predicted octanol–water partition coefficient (Wildman–Crippen LogP) is 2.89. The molecule has 1 unspecified atom stereocenters. The van der Waals surface area contributed by atoms with Crippen LogP contribution in [0.3, 0.4) is 0 Å². The van der Waals surface area contributed by atoms with Crippen LogP contribution in [0.25, 0.3) is 0 Å². The minimum atomic E-state index is -0.405. The third kappa shape index (κ3) is 5.74. The molecule has 0 aliphatic heterocycles. The van der Waals surface area contributed by atoms with E-state index in [2.05, 4.69) is 17.4 Å². The van der Waals surface area contributed by atoms with E-state index in [4.69, 9.17) is 4.74 Å². The molecular formula is C19H21NO3S. The van der Waals surface area contributed by atoms with Crippen LogP contribution in [0, 0.1) is 0 Å². The first-order chi connectivity index (χ1) is 11.7. The fourth-order valence-electron chi connectivity index (χ4n) is 2.30. The maximum atomic E-state index is 11.7. The van der Waals surface area contributed by atoms with Gasteiger partial charge in [0.1, 0.15) is 5.75 Å². The summed E-state index contributed by atoms with van der Waals surface area (Å²) in [6.07, 6.45) is 1.37. The van der Waals surface area contributed by atoms with Gasteiger partial charge in [-0.3, -0.25) is 9.59 Å². The van der Waals surface area contributed by atoms with Crippen LogP contribution in [-0.2, 0) is 22.4 Å². The fourth-order valence-corrected chi connectivity index (χ4v) is 2.96. The van der Waals surface area contributed by atoms with Gasteiger partial charge in [-0.1, -0.05) is 54.2 Å². The second kappa shape index (κ2) is 9.78. The van der Waals surface area contributed by atoms with Crippen molar-refractivity contribution in [2.75, 3.05) is 13.7 Å². The number of hydrogen-bond donors (Lipinski definition) is 1. The maximum absolute atomic E-state index is 11.7. The van der Waals surface area contributed by atoms with Crippen molar-refractivity contribution in [3.8, 4) is 5.75 Å². The zero-order valence-corrected chi connectivity index (χ0v) is 14.4. The minimum absolute atomic E-state index is 0.143. The molecule has 0 radical (unpaired) electrons. The lowest BCUT2D eigenvalue weighted by Gasteiger charge is -2.12. The van der Waals surface area contributed by atoms with Crippen molar-refractivity contribution in [2.24, 2.45) is 0 Å². The minimum Gasteiger partial charge on any atom is -0.493 e. The summed E-state index contributed by atoms with van der Waals surface area (Å²) in [6.45, 7) is 0.616. The molecule has 0 aliphatic rings. The molecule has 1 N–H and O–H groups in total. The van der Waals surface area contributed by atoms with Crippen LogP contribution in [0.1, 0.15) is 11.1 Å². The van der Waals surface area contributed by atoms with Gasteiger partial charge < -0.3 is 10.1 Å². The van der Waals surface area contributed by atoms with Crippen molar-refractivity contribution in [3.05, 3.63) is 65.7 Å². The van der Waals surface area contributed by atoms with E-state index in [-0.39, 0.29) is 5.91 Å². The Labute approximate surface area is 146 Å². The molecule has 0 saturated heterocycles. The van der Waals surface area contributed by atoms with Crippen LogP contribution in [0.5, 0.6) is 5.75 Å². The fraction of sp³-hybridized carbons (Fsp3) is 0.263. The number of benzene rings is 2. The molecule has 5 heteroatoms. The number of carbonyl (C=O) groups excluding carboxylic acids is 2. The first kappa shape index (κ1) is 18.1. The summed E-state index contributed by atoms with van der Waals surface area (Å²) in [7, 11) is 1.57. The molecule has 0 bridgehead atoms. The molecule has 0 fully saturated rings. The molecule has 0 saturated carbocycles. The molecule has 4 nitrogen and oxygen atoms in total. The topological polar surface area (TPSA) is 55.4 Å². The monoisotopic (exact) mass is 343 g/mol. The number of carbonyl (C=O) groups is 2. The molecule has 126 valence electrons. The first-order valence-corrected chi connectivity index (χ1v) is 8.73. The Kier molecular flexibility index (Phi) is 7.36. The molecule has 0 aliphatic carbocycles. The van der Waals surface area contributed by atoms with Crippen molar-refractivity contribution in [1.29, 1.82) is 0 Å². The van der Waals surface area contributed by atoms with Gasteiger partial charge in [0.15, 0.2) is 5.62 Å². The molecule has 2 aromatic carbocycles. The van der Waals surface area contributed by atoms with Gasteiger partial charge in [0.25, 0.3) is 0 Å². The highest BCUT2D eigenvalue weighted by Gasteiger charge is 2.18. The lowest BCUT2D eigenvalue weighted by atomic mass is 10.1. The van der Waals surface area contributed by atoms with Crippen molar-refractivity contribution in [2.45, 2.75) is 18.1 Å². The van der Waals surface area contributed by atoms with Gasteiger partial charge in [0, 0.05) is 13.5 Å². The number of rotatable bonds is 9. The zero-order chi connectivity index (χ0) is 17.2. The molecule has 1 amide bonds. The Morgan fingerprint density at radius 2 is 1.83 bits per heavy atom. The summed E-state index contributed by atoms with van der Waals surface area (Å²) in [5.41, 5.74) is 2.95. The number of amides is 1. The lowest BCUT2D eigenvalue weighted by Crippen LogP contribution is -2.31. The molecule has 24 heavy (non-hydrogen) atoms. The molecule has 1 atom stereocenters. The van der Waals surface area contributed by atoms with Gasteiger partial charge >= 0.3 is 0 Å². The largest absolute Gasteiger partial charge is 0.493 e. The van der Waals surface area contributed by atoms with Gasteiger partial charge in [-0.05, 0) is 29.7 Å². The number of thioether (sulfide) groups is 1. The van der Waals surface area contributed by atoms with E-state index in [0.29, 0.717) is 18.6 Å². The average molecular weight is 343 g/mol. The van der Waals surface area contributed by atoms with E-state index < -0.39 is 5.25 Å². The summed E-state index contributed by atoms with van der Waals surface area (Å²) in [6, 6.07) is 17.8. The Morgan fingerprint density at radius 3 is 2.46 bits per heavy atom. The quantitative estimate of drug-likeness (QED) is 0.711. The summed E-state index contributed by atoms with van der Waals surface area (Å²) in [5, 5.41) is 2.18. The van der Waals surface area contributed by atoms with Crippen LogP contribution < -0.4 is 10.1 Å². The van der Waals surface area contributed by atoms with Gasteiger partial charge in [-0.25, -0.2) is 0 Å². The SMILES string of the molecule is CNC(=O)C(Cc1ccc(OCCc2ccccc2)cc1)SC=O. The first-order valence-electron chi connectivity index (χ1n) is 7.79. The van der Waals surface area contributed by atoms with Crippen LogP contribution in [0.15, 0.2) is 54.6 Å². The lowest BCUT2D eigenvalue weighted by molar-refractivity contribution is -0.120. The van der Waals surface area contributed by atoms with Gasteiger partial charge in [-0.15, -0.1) is 0 Å². The van der Waals surface area contributed by atoms with Crippen LogP contribution in [0.2, 0.25) is 0 Å². The van der Waals surface area contributed by atoms with Crippen LogP contribution in [0.4, 0.5) is 0 Å². The molecule has 0 spiro atoms. The van der Waals surface area contributed by atoms with Crippen molar-refractivity contribution < 1.29 is 14.3 Å². The van der Waals surface area contributed by atoms with Gasteiger partial charge in [0.05, 0.1) is 11.9 Å². The molecule has 2 rings (SSSR count). The number of nitrogens with one attached hydrogen (secondary N) is 1. The Bertz CT molecular complexity index is 643. The average Bonchev–Trinajstić information content (AvgIpc) is 2.63. The standard InChI is InChI=1S/C19H21NO3S/c1-20-19(22)18(24-14-21)13-16-7-9-17(10-8-16)23-12-11-15-5-3-2-4-6-15/h2-10,14,18H,11-13H2,1H3,(H,20,22). The van der Waals surface area contributed by atoms with Crippen molar-refractivity contribution >= 4 is 23.3 Å². The smallest absolute Gasteiger partial charge is 0.233 e. The second-order valence-corrected chi connectivity index (χ2v) is 6.30. The van der Waals surface area contributed by atoms with E-state index >= 15 is 0 Å². The second-order valence-electron chi connectivity index (χ2n) is 5.27. The third-order valence-corrected chi connectivity index (χ3v) is 4.43. The van der Waals surface area contributed by atoms with E-state index in [9.17, 15) is 9.59 Å². The van der Waals surface area contributed by atoms with Crippen LogP contribution in [-0.4, -0.2) is 30.4 Å². The summed E-state index contributed by atoms with van der Waals surface area (Å²) in [5.74, 6) is 0.657. The molecule has 0 heterocycles. The summed E-state index contributed by atoms with van der Waals surface area (Å²) in [4.78, 5) is 22.4. The number of ether oxygens (including phenoxy) is 1. The van der Waals surface area contributed by atoms with E-state index in [1.807, 2.05) is 42.5 Å². The highest BCUT2D eigenvalue weighted by atomic mass is 32.2. The highest BCUT2D eigenvalue weighted by molar-refractivity contribution is 8.13. The maximum Gasteiger partial charge on any atom is 0.233 e. The third-order valence-electron chi connectivity index (χ3n) is 3.61. The Balaban J connectivity index is 1.85. The summed E-state index contributed by atoms with van der Waals surface area (Å²) < 4.78 is 5.75. The molecule has 2 aromatic rings. The normalized spacial score (nSPS) is 11.5. The van der Waals surface area contributed by atoms with E-state index in [1.54, 1.807) is 7.05 Å². The highest BCUT2D eigenvalue weighted by Crippen LogP contribution is 2.18. The number of hydrogen-bond acceptors (Lipinski definition) is 4. The Morgan fingerprint density at radius 1 is 1.12 bits per heavy atom. The summed E-state index contributed by atoms with van der Waals surface area (Å²) >= 11 is 0.996. The van der Waals surface area contributed by atoms with Crippen molar-refractivity contribution in [1.82, 2.24) is 5.32 Å². The van der Waals surface area contributed by atoms with Crippen molar-refractivity contribution in [3.63, 3.8) is 0 Å². The zero-order valence-electron chi connectivity index (χ0n) is 13.6. The van der Waals surface area contributed by atoms with E-state index in [1.165, 1.54) is 5.56 Å². The van der Waals surface area contributed by atoms with Gasteiger partial charge in [0.2, 0.25) is 5.91 Å². The van der Waals surface area contributed by atoms with Crippen LogP contribution >= 0.6 is 11.8 Å². The van der Waals surface area contributed by atoms with E-state index in [0.717, 1.165) is 29.5 Å². The Hall–Kier alpha value is -2.27.